The summed E-state index contributed by atoms with van der Waals surface area (Å²) in [5.41, 5.74) is 7.01. The van der Waals surface area contributed by atoms with E-state index in [9.17, 15) is 9.59 Å². The summed E-state index contributed by atoms with van der Waals surface area (Å²) in [5.74, 6) is 0.260. The van der Waals surface area contributed by atoms with Gasteiger partial charge in [-0.3, -0.25) is 9.59 Å². The van der Waals surface area contributed by atoms with Crippen molar-refractivity contribution in [3.05, 3.63) is 35.4 Å². The molecule has 0 atom stereocenters. The van der Waals surface area contributed by atoms with Gasteiger partial charge in [-0.05, 0) is 43.5 Å². The Kier molecular flexibility index (Phi) is 5.75. The molecule has 4 N–H and O–H groups in total. The first-order valence-corrected chi connectivity index (χ1v) is 7.55. The molecule has 5 heteroatoms. The number of hydrogen-bond acceptors (Lipinski definition) is 3. The summed E-state index contributed by atoms with van der Waals surface area (Å²) in [4.78, 5) is 23.5. The summed E-state index contributed by atoms with van der Waals surface area (Å²) in [6.07, 6.45) is 3.95. The fraction of sp³-hybridized carbons (Fsp3) is 0.500. The third kappa shape index (κ3) is 4.56. The molecule has 1 fully saturated rings. The zero-order valence-electron chi connectivity index (χ0n) is 12.2. The van der Waals surface area contributed by atoms with E-state index in [0.717, 1.165) is 31.2 Å². The van der Waals surface area contributed by atoms with E-state index in [1.165, 1.54) is 0 Å². The molecule has 0 unspecified atom stereocenters. The van der Waals surface area contributed by atoms with Crippen molar-refractivity contribution in [3.63, 3.8) is 0 Å². The summed E-state index contributed by atoms with van der Waals surface area (Å²) in [5, 5.41) is 5.75. The van der Waals surface area contributed by atoms with Crippen LogP contribution in [0, 0.1) is 5.92 Å². The lowest BCUT2D eigenvalue weighted by Gasteiger charge is -2.24. The molecule has 1 aliphatic rings. The Hall–Kier alpha value is -1.88. The van der Waals surface area contributed by atoms with Gasteiger partial charge in [-0.2, -0.15) is 0 Å². The lowest BCUT2D eigenvalue weighted by molar-refractivity contribution is -0.127. The molecule has 0 aliphatic heterocycles. The smallest absolute Gasteiger partial charge is 0.251 e. The first-order chi connectivity index (χ1) is 10.2. The van der Waals surface area contributed by atoms with Gasteiger partial charge in [-0.25, -0.2) is 0 Å². The van der Waals surface area contributed by atoms with Crippen LogP contribution < -0.4 is 16.4 Å². The number of benzene rings is 1. The molecular formula is C16H23N3O2. The number of nitrogens with one attached hydrogen (secondary N) is 2. The number of hydrogen-bond donors (Lipinski definition) is 3. The second-order valence-electron chi connectivity index (χ2n) is 5.44. The normalized spacial score (nSPS) is 14.3. The molecule has 2 rings (SSSR count). The molecule has 0 saturated heterocycles. The van der Waals surface area contributed by atoms with Crippen LogP contribution in [0.5, 0.6) is 0 Å². The Morgan fingerprint density at radius 1 is 1.14 bits per heavy atom. The second-order valence-corrected chi connectivity index (χ2v) is 5.44. The zero-order valence-corrected chi connectivity index (χ0v) is 12.2. The van der Waals surface area contributed by atoms with E-state index in [4.69, 9.17) is 5.73 Å². The molecule has 0 spiro atoms. The number of rotatable bonds is 7. The highest BCUT2D eigenvalue weighted by Gasteiger charge is 2.24. The minimum absolute atomic E-state index is 0.0893. The summed E-state index contributed by atoms with van der Waals surface area (Å²) >= 11 is 0. The van der Waals surface area contributed by atoms with Gasteiger partial charge in [-0.15, -0.1) is 0 Å². The highest BCUT2D eigenvalue weighted by atomic mass is 16.2. The van der Waals surface area contributed by atoms with Crippen LogP contribution in [0.3, 0.4) is 0 Å². The van der Waals surface area contributed by atoms with E-state index >= 15 is 0 Å². The molecule has 1 saturated carbocycles. The standard InChI is InChI=1S/C16H23N3O2/c17-9-2-10-18-15(20)14-7-5-12(6-8-14)11-19-16(21)13-3-1-4-13/h5-8,13H,1-4,9-11,17H2,(H,18,20)(H,19,21). The summed E-state index contributed by atoms with van der Waals surface area (Å²) < 4.78 is 0. The highest BCUT2D eigenvalue weighted by molar-refractivity contribution is 5.94. The van der Waals surface area contributed by atoms with Crippen molar-refractivity contribution in [3.8, 4) is 0 Å². The van der Waals surface area contributed by atoms with Crippen molar-refractivity contribution < 1.29 is 9.59 Å². The van der Waals surface area contributed by atoms with Crippen molar-refractivity contribution in [1.29, 1.82) is 0 Å². The van der Waals surface area contributed by atoms with Gasteiger partial charge in [0.2, 0.25) is 5.91 Å². The van der Waals surface area contributed by atoms with Gasteiger partial charge in [-0.1, -0.05) is 18.6 Å². The fourth-order valence-corrected chi connectivity index (χ4v) is 2.18. The van der Waals surface area contributed by atoms with Gasteiger partial charge in [0, 0.05) is 24.6 Å². The van der Waals surface area contributed by atoms with Crippen LogP contribution in [0.2, 0.25) is 0 Å². The van der Waals surface area contributed by atoms with Gasteiger partial charge in [0.05, 0.1) is 0 Å². The molecule has 1 aliphatic carbocycles. The SMILES string of the molecule is NCCCNC(=O)c1ccc(CNC(=O)C2CCC2)cc1. The van der Waals surface area contributed by atoms with Crippen LogP contribution in [0.25, 0.3) is 0 Å². The van der Waals surface area contributed by atoms with E-state index in [1.807, 2.05) is 12.1 Å². The zero-order chi connectivity index (χ0) is 15.1. The Morgan fingerprint density at radius 2 is 1.86 bits per heavy atom. The van der Waals surface area contributed by atoms with Gasteiger partial charge >= 0.3 is 0 Å². The molecular weight excluding hydrogens is 266 g/mol. The summed E-state index contributed by atoms with van der Waals surface area (Å²) in [7, 11) is 0. The maximum Gasteiger partial charge on any atom is 0.251 e. The molecule has 5 nitrogen and oxygen atoms in total. The van der Waals surface area contributed by atoms with E-state index in [1.54, 1.807) is 12.1 Å². The minimum atomic E-state index is -0.0893. The first kappa shape index (κ1) is 15.5. The largest absolute Gasteiger partial charge is 0.352 e. The van der Waals surface area contributed by atoms with Crippen molar-refractivity contribution in [1.82, 2.24) is 10.6 Å². The van der Waals surface area contributed by atoms with Crippen LogP contribution in [0.4, 0.5) is 0 Å². The van der Waals surface area contributed by atoms with Crippen molar-refractivity contribution >= 4 is 11.8 Å². The van der Waals surface area contributed by atoms with E-state index in [0.29, 0.717) is 25.2 Å². The minimum Gasteiger partial charge on any atom is -0.352 e. The monoisotopic (exact) mass is 289 g/mol. The van der Waals surface area contributed by atoms with Gasteiger partial charge in [0.1, 0.15) is 0 Å². The van der Waals surface area contributed by atoms with E-state index in [2.05, 4.69) is 10.6 Å². The maximum absolute atomic E-state index is 11.8. The molecule has 0 aromatic heterocycles. The third-order valence-corrected chi connectivity index (χ3v) is 3.83. The highest BCUT2D eigenvalue weighted by Crippen LogP contribution is 2.26. The van der Waals surface area contributed by atoms with Crippen LogP contribution in [-0.4, -0.2) is 24.9 Å². The van der Waals surface area contributed by atoms with Crippen molar-refractivity contribution in [2.45, 2.75) is 32.2 Å². The predicted octanol–water partition coefficient (Wildman–Crippen LogP) is 1.18. The van der Waals surface area contributed by atoms with Gasteiger partial charge in [0.15, 0.2) is 0 Å². The number of nitrogens with two attached hydrogens (primary N) is 1. The molecule has 114 valence electrons. The van der Waals surface area contributed by atoms with E-state index in [-0.39, 0.29) is 17.7 Å². The summed E-state index contributed by atoms with van der Waals surface area (Å²) in [6.45, 7) is 1.68. The van der Waals surface area contributed by atoms with E-state index < -0.39 is 0 Å². The number of carbonyl (C=O) groups excluding carboxylic acids is 2. The van der Waals surface area contributed by atoms with Crippen LogP contribution >= 0.6 is 0 Å². The van der Waals surface area contributed by atoms with Crippen LogP contribution in [-0.2, 0) is 11.3 Å². The van der Waals surface area contributed by atoms with Gasteiger partial charge < -0.3 is 16.4 Å². The lowest BCUT2D eigenvalue weighted by atomic mass is 9.85. The Bertz CT molecular complexity index is 481. The Morgan fingerprint density at radius 3 is 2.43 bits per heavy atom. The van der Waals surface area contributed by atoms with Crippen molar-refractivity contribution in [2.24, 2.45) is 11.7 Å². The fourth-order valence-electron chi connectivity index (χ4n) is 2.18. The molecule has 1 aromatic rings. The predicted molar refractivity (Wildman–Crippen MR) is 81.6 cm³/mol. The first-order valence-electron chi connectivity index (χ1n) is 7.55. The number of amides is 2. The average molecular weight is 289 g/mol. The van der Waals surface area contributed by atoms with Crippen LogP contribution in [0.15, 0.2) is 24.3 Å². The lowest BCUT2D eigenvalue weighted by Crippen LogP contribution is -2.33. The number of carbonyl (C=O) groups is 2. The summed E-state index contributed by atoms with van der Waals surface area (Å²) in [6, 6.07) is 7.31. The molecule has 1 aromatic carbocycles. The van der Waals surface area contributed by atoms with Gasteiger partial charge in [0.25, 0.3) is 5.91 Å². The molecule has 2 amide bonds. The molecule has 0 bridgehead atoms. The quantitative estimate of drug-likeness (QED) is 0.659. The molecule has 0 heterocycles. The average Bonchev–Trinajstić information content (AvgIpc) is 2.44. The van der Waals surface area contributed by atoms with Crippen molar-refractivity contribution in [2.75, 3.05) is 13.1 Å². The second kappa shape index (κ2) is 7.78. The maximum atomic E-state index is 11.8. The topological polar surface area (TPSA) is 84.2 Å². The van der Waals surface area contributed by atoms with Crippen LogP contribution in [0.1, 0.15) is 41.6 Å². The third-order valence-electron chi connectivity index (χ3n) is 3.83. The molecule has 21 heavy (non-hydrogen) atoms. The Balaban J connectivity index is 1.78. The molecule has 0 radical (unpaired) electrons. The Labute approximate surface area is 125 Å².